The number of hydrogen-bond acceptors (Lipinski definition) is 5. The summed E-state index contributed by atoms with van der Waals surface area (Å²) < 4.78 is 62.2. The standard InChI is InChI=1S/C18H20F3N3O4S/c1-11-15(16(25)17(26)22-8-5-9-29(3,27)28)12(2)24(23-11)14-7-4-6-13(10-14)18(19,20)21/h4,6-7,10H,5,8-9H2,1-3H3,(H,22,26). The average molecular weight is 431 g/mol. The van der Waals surface area contributed by atoms with Crippen molar-refractivity contribution in [2.24, 2.45) is 0 Å². The summed E-state index contributed by atoms with van der Waals surface area (Å²) >= 11 is 0. The third kappa shape index (κ3) is 5.66. The molecule has 158 valence electrons. The zero-order chi connectivity index (χ0) is 22.0. The zero-order valence-electron chi connectivity index (χ0n) is 16.0. The fourth-order valence-corrected chi connectivity index (χ4v) is 3.44. The van der Waals surface area contributed by atoms with Gasteiger partial charge in [0.15, 0.2) is 0 Å². The summed E-state index contributed by atoms with van der Waals surface area (Å²) in [6.07, 6.45) is -3.31. The number of carbonyl (C=O) groups excluding carboxylic acids is 2. The van der Waals surface area contributed by atoms with Crippen LogP contribution in [-0.2, 0) is 20.8 Å². The molecule has 0 spiro atoms. The van der Waals surface area contributed by atoms with Crippen LogP contribution in [0.3, 0.4) is 0 Å². The molecule has 0 unspecified atom stereocenters. The molecule has 0 bridgehead atoms. The zero-order valence-corrected chi connectivity index (χ0v) is 16.8. The van der Waals surface area contributed by atoms with Crippen molar-refractivity contribution in [3.05, 3.63) is 46.8 Å². The highest BCUT2D eigenvalue weighted by molar-refractivity contribution is 7.90. The third-order valence-corrected chi connectivity index (χ3v) is 5.15. The molecule has 2 rings (SSSR count). The number of nitrogens with zero attached hydrogens (tertiary/aromatic N) is 2. The van der Waals surface area contributed by atoms with Crippen LogP contribution in [0, 0.1) is 13.8 Å². The monoisotopic (exact) mass is 431 g/mol. The van der Waals surface area contributed by atoms with E-state index in [0.717, 1.165) is 18.4 Å². The van der Waals surface area contributed by atoms with Crippen LogP contribution in [0.2, 0.25) is 0 Å². The lowest BCUT2D eigenvalue weighted by Crippen LogP contribution is -2.33. The topological polar surface area (TPSA) is 98.1 Å². The first kappa shape index (κ1) is 22.6. The molecule has 11 heteroatoms. The highest BCUT2D eigenvalue weighted by Gasteiger charge is 2.31. The number of ketones is 1. The predicted octanol–water partition coefficient (Wildman–Crippen LogP) is 2.24. The van der Waals surface area contributed by atoms with Gasteiger partial charge >= 0.3 is 6.18 Å². The molecule has 1 aromatic carbocycles. The Morgan fingerprint density at radius 2 is 1.86 bits per heavy atom. The van der Waals surface area contributed by atoms with Gasteiger partial charge in [0.25, 0.3) is 11.7 Å². The van der Waals surface area contributed by atoms with Crippen molar-refractivity contribution < 1.29 is 31.2 Å². The first-order valence-electron chi connectivity index (χ1n) is 8.55. The van der Waals surface area contributed by atoms with E-state index in [1.807, 2.05) is 0 Å². The van der Waals surface area contributed by atoms with E-state index in [9.17, 15) is 31.2 Å². The molecule has 0 aliphatic carbocycles. The first-order valence-corrected chi connectivity index (χ1v) is 10.6. The maximum Gasteiger partial charge on any atom is 0.416 e. The molecule has 1 aromatic heterocycles. The first-order chi connectivity index (χ1) is 13.3. The molecule has 0 radical (unpaired) electrons. The average Bonchev–Trinajstić information content (AvgIpc) is 2.91. The second-order valence-corrected chi connectivity index (χ2v) is 8.83. The maximum absolute atomic E-state index is 12.9. The number of benzene rings is 1. The van der Waals surface area contributed by atoms with E-state index >= 15 is 0 Å². The largest absolute Gasteiger partial charge is 0.416 e. The number of hydrogen-bond donors (Lipinski definition) is 1. The molecular weight excluding hydrogens is 411 g/mol. The Balaban J connectivity index is 2.23. The molecule has 1 amide bonds. The Kier molecular flexibility index (Phi) is 6.51. The number of alkyl halides is 3. The molecule has 0 aliphatic heterocycles. The maximum atomic E-state index is 12.9. The highest BCUT2D eigenvalue weighted by atomic mass is 32.2. The minimum Gasteiger partial charge on any atom is -0.349 e. The molecular formula is C18H20F3N3O4S. The van der Waals surface area contributed by atoms with Crippen molar-refractivity contribution in [1.29, 1.82) is 0 Å². The molecule has 0 aliphatic rings. The number of nitrogens with one attached hydrogen (secondary N) is 1. The van der Waals surface area contributed by atoms with Crippen molar-refractivity contribution in [3.63, 3.8) is 0 Å². The number of aromatic nitrogens is 2. The molecule has 0 saturated heterocycles. The molecule has 2 aromatic rings. The summed E-state index contributed by atoms with van der Waals surface area (Å²) in [6, 6.07) is 4.46. The van der Waals surface area contributed by atoms with E-state index in [1.54, 1.807) is 0 Å². The van der Waals surface area contributed by atoms with Gasteiger partial charge in [0.2, 0.25) is 0 Å². The van der Waals surface area contributed by atoms with Crippen LogP contribution < -0.4 is 5.32 Å². The van der Waals surface area contributed by atoms with Crippen LogP contribution in [0.5, 0.6) is 0 Å². The molecule has 0 saturated carbocycles. The van der Waals surface area contributed by atoms with Crippen LogP contribution in [0.25, 0.3) is 5.69 Å². The third-order valence-electron chi connectivity index (χ3n) is 4.12. The SMILES string of the molecule is Cc1nn(-c2cccc(C(F)(F)F)c2)c(C)c1C(=O)C(=O)NCCCS(C)(=O)=O. The summed E-state index contributed by atoms with van der Waals surface area (Å²) in [5.74, 6) is -1.96. The number of carbonyl (C=O) groups is 2. The van der Waals surface area contributed by atoms with Gasteiger partial charge in [-0.15, -0.1) is 0 Å². The van der Waals surface area contributed by atoms with E-state index in [0.29, 0.717) is 0 Å². The molecule has 7 nitrogen and oxygen atoms in total. The van der Waals surface area contributed by atoms with Gasteiger partial charge in [-0.3, -0.25) is 9.59 Å². The molecule has 0 fully saturated rings. The summed E-state index contributed by atoms with van der Waals surface area (Å²) in [5.41, 5.74) is -0.357. The van der Waals surface area contributed by atoms with Crippen molar-refractivity contribution in [3.8, 4) is 5.69 Å². The predicted molar refractivity (Wildman–Crippen MR) is 99.7 cm³/mol. The lowest BCUT2D eigenvalue weighted by atomic mass is 10.1. The van der Waals surface area contributed by atoms with Gasteiger partial charge in [-0.2, -0.15) is 18.3 Å². The Bertz CT molecular complexity index is 1040. The van der Waals surface area contributed by atoms with Crippen molar-refractivity contribution in [2.45, 2.75) is 26.4 Å². The van der Waals surface area contributed by atoms with Gasteiger partial charge in [-0.05, 0) is 38.5 Å². The van der Waals surface area contributed by atoms with Crippen LogP contribution >= 0.6 is 0 Å². The summed E-state index contributed by atoms with van der Waals surface area (Å²) in [4.78, 5) is 24.6. The summed E-state index contributed by atoms with van der Waals surface area (Å²) in [7, 11) is -3.18. The number of amides is 1. The second-order valence-electron chi connectivity index (χ2n) is 6.57. The Hall–Kier alpha value is -2.69. The minimum atomic E-state index is -4.53. The Labute approximate surface area is 165 Å². The highest BCUT2D eigenvalue weighted by Crippen LogP contribution is 2.30. The van der Waals surface area contributed by atoms with Crippen LogP contribution in [0.1, 0.15) is 33.7 Å². The quantitative estimate of drug-likeness (QED) is 0.412. The molecule has 1 N–H and O–H groups in total. The van der Waals surface area contributed by atoms with Crippen LogP contribution in [0.4, 0.5) is 13.2 Å². The lowest BCUT2D eigenvalue weighted by molar-refractivity contribution is -0.137. The fraction of sp³-hybridized carbons (Fsp3) is 0.389. The molecule has 29 heavy (non-hydrogen) atoms. The van der Waals surface area contributed by atoms with Gasteiger partial charge in [0.1, 0.15) is 9.84 Å². The minimum absolute atomic E-state index is 0.00248. The number of Topliss-reactive ketones (excluding diaryl/α,β-unsaturated/α-hetero) is 1. The van der Waals surface area contributed by atoms with Gasteiger partial charge in [-0.25, -0.2) is 13.1 Å². The fourth-order valence-electron chi connectivity index (χ4n) is 2.77. The lowest BCUT2D eigenvalue weighted by Gasteiger charge is -2.10. The molecule has 0 atom stereocenters. The smallest absolute Gasteiger partial charge is 0.349 e. The number of aryl methyl sites for hydroxylation is 1. The van der Waals surface area contributed by atoms with Gasteiger partial charge in [0.05, 0.1) is 34.0 Å². The van der Waals surface area contributed by atoms with E-state index in [4.69, 9.17) is 0 Å². The van der Waals surface area contributed by atoms with Crippen LogP contribution in [-0.4, -0.2) is 48.4 Å². The number of halogens is 3. The van der Waals surface area contributed by atoms with E-state index in [1.165, 1.54) is 30.7 Å². The number of sulfone groups is 1. The van der Waals surface area contributed by atoms with Crippen LogP contribution in [0.15, 0.2) is 24.3 Å². The summed E-state index contributed by atoms with van der Waals surface area (Å²) in [5, 5.41) is 6.45. The van der Waals surface area contributed by atoms with E-state index < -0.39 is 33.3 Å². The molecule has 1 heterocycles. The van der Waals surface area contributed by atoms with Crippen molar-refractivity contribution >= 4 is 21.5 Å². The van der Waals surface area contributed by atoms with Gasteiger partial charge < -0.3 is 5.32 Å². The van der Waals surface area contributed by atoms with Gasteiger partial charge in [-0.1, -0.05) is 6.07 Å². The van der Waals surface area contributed by atoms with E-state index in [-0.39, 0.29) is 41.4 Å². The Morgan fingerprint density at radius 3 is 2.45 bits per heavy atom. The van der Waals surface area contributed by atoms with Gasteiger partial charge in [0, 0.05) is 12.8 Å². The van der Waals surface area contributed by atoms with Crippen molar-refractivity contribution in [1.82, 2.24) is 15.1 Å². The normalized spacial score (nSPS) is 12.1. The van der Waals surface area contributed by atoms with Crippen molar-refractivity contribution in [2.75, 3.05) is 18.6 Å². The Morgan fingerprint density at radius 1 is 1.21 bits per heavy atom. The number of rotatable bonds is 7. The van der Waals surface area contributed by atoms with E-state index in [2.05, 4.69) is 10.4 Å². The summed E-state index contributed by atoms with van der Waals surface area (Å²) in [6.45, 7) is 2.95. The second kappa shape index (κ2) is 8.36.